The molecule has 1 aromatic heterocycles. The zero-order chi connectivity index (χ0) is 19.0. The van der Waals surface area contributed by atoms with Gasteiger partial charge in [0, 0.05) is 0 Å². The fourth-order valence-corrected chi connectivity index (χ4v) is 3.44. The Labute approximate surface area is 177 Å². The van der Waals surface area contributed by atoms with Gasteiger partial charge in [0.25, 0.3) is 0 Å². The van der Waals surface area contributed by atoms with Crippen LogP contribution < -0.4 is 21.5 Å². The summed E-state index contributed by atoms with van der Waals surface area (Å²) < 4.78 is 3.75. The van der Waals surface area contributed by atoms with Gasteiger partial charge in [-0.15, -0.1) is 0 Å². The van der Waals surface area contributed by atoms with E-state index in [4.69, 9.17) is 0 Å². The fraction of sp³-hybridized carbons (Fsp3) is 0.864. The Morgan fingerprint density at radius 2 is 1.22 bits per heavy atom. The maximum Gasteiger partial charge on any atom is 0.246 e. The molecular weight excluding hydrogens is 404 g/mol. The number of rotatable bonds is 17. The molecule has 0 aliphatic heterocycles. The Balaban J connectivity index is 0.00000676. The van der Waals surface area contributed by atoms with Crippen molar-refractivity contribution >= 4 is 0 Å². The molecule has 4 nitrogen and oxygen atoms in total. The van der Waals surface area contributed by atoms with Crippen LogP contribution in [0, 0.1) is 0 Å². The minimum absolute atomic E-state index is 0. The highest BCUT2D eigenvalue weighted by molar-refractivity contribution is 4.72. The fourth-order valence-electron chi connectivity index (χ4n) is 3.44. The minimum Gasteiger partial charge on any atom is -1.00 e. The lowest BCUT2D eigenvalue weighted by Gasteiger charge is -2.08. The number of aliphatic hydroxyl groups is 2. The number of unbranched alkanes of at least 4 members (excludes halogenated alkanes) is 13. The first kappa shape index (κ1) is 26.6. The quantitative estimate of drug-likeness (QED) is 0.284. The molecule has 0 fully saturated rings. The van der Waals surface area contributed by atoms with Crippen LogP contribution in [0.4, 0.5) is 0 Å². The molecule has 2 atom stereocenters. The number of hydrogen-bond acceptors (Lipinski definition) is 2. The van der Waals surface area contributed by atoms with Crippen LogP contribution in [0.3, 0.4) is 0 Å². The summed E-state index contributed by atoms with van der Waals surface area (Å²) in [5.74, 6) is 0. The van der Waals surface area contributed by atoms with Gasteiger partial charge < -0.3 is 27.2 Å². The van der Waals surface area contributed by atoms with E-state index >= 15 is 0 Å². The van der Waals surface area contributed by atoms with Crippen molar-refractivity contribution < 1.29 is 31.8 Å². The van der Waals surface area contributed by atoms with E-state index in [0.717, 1.165) is 6.54 Å². The van der Waals surface area contributed by atoms with Crippen molar-refractivity contribution in [2.45, 2.75) is 123 Å². The maximum atomic E-state index is 9.81. The van der Waals surface area contributed by atoms with Gasteiger partial charge >= 0.3 is 0 Å². The van der Waals surface area contributed by atoms with Crippen molar-refractivity contribution in [3.63, 3.8) is 0 Å². The van der Waals surface area contributed by atoms with Crippen molar-refractivity contribution in [1.82, 2.24) is 4.57 Å². The van der Waals surface area contributed by atoms with Crippen LogP contribution in [0.2, 0.25) is 0 Å². The molecule has 0 aliphatic carbocycles. The highest BCUT2D eigenvalue weighted by Crippen LogP contribution is 2.13. The summed E-state index contributed by atoms with van der Waals surface area (Å²) >= 11 is 0. The van der Waals surface area contributed by atoms with Crippen LogP contribution in [0.25, 0.3) is 0 Å². The topological polar surface area (TPSA) is 49.3 Å². The van der Waals surface area contributed by atoms with Crippen molar-refractivity contribution in [2.75, 3.05) is 0 Å². The average Bonchev–Trinajstić information content (AvgIpc) is 3.10. The zero-order valence-corrected chi connectivity index (χ0v) is 19.2. The summed E-state index contributed by atoms with van der Waals surface area (Å²) in [6.45, 7) is 4.86. The van der Waals surface area contributed by atoms with Crippen LogP contribution >= 0.6 is 0 Å². The molecule has 0 aliphatic rings. The molecule has 0 aromatic carbocycles. The second-order valence-electron chi connectivity index (χ2n) is 7.85. The molecule has 0 spiro atoms. The van der Waals surface area contributed by atoms with E-state index in [1.165, 1.54) is 89.9 Å². The van der Waals surface area contributed by atoms with E-state index in [2.05, 4.69) is 11.5 Å². The predicted molar refractivity (Wildman–Crippen MR) is 108 cm³/mol. The molecule has 2 unspecified atom stereocenters. The van der Waals surface area contributed by atoms with Gasteiger partial charge in [-0.05, 0) is 19.8 Å². The third-order valence-electron chi connectivity index (χ3n) is 5.22. The molecular formula is C22H43BrN2O2. The Hall–Kier alpha value is -0.390. The van der Waals surface area contributed by atoms with Gasteiger partial charge in [0.2, 0.25) is 12.6 Å². The van der Waals surface area contributed by atoms with Crippen molar-refractivity contribution in [1.29, 1.82) is 0 Å². The van der Waals surface area contributed by atoms with Crippen LogP contribution in [-0.2, 0) is 6.54 Å². The second kappa shape index (κ2) is 17.7. The summed E-state index contributed by atoms with van der Waals surface area (Å²) in [4.78, 5) is 0. The minimum atomic E-state index is -0.854. The van der Waals surface area contributed by atoms with Gasteiger partial charge in [0.05, 0.1) is 6.54 Å². The maximum absolute atomic E-state index is 9.81. The molecule has 0 saturated carbocycles. The monoisotopic (exact) mass is 446 g/mol. The highest BCUT2D eigenvalue weighted by atomic mass is 79.9. The molecule has 1 heterocycles. The number of hydrogen-bond donors (Lipinski definition) is 2. The third-order valence-corrected chi connectivity index (χ3v) is 5.22. The summed E-state index contributed by atoms with van der Waals surface area (Å²) in [7, 11) is 0. The molecule has 160 valence electrons. The van der Waals surface area contributed by atoms with E-state index in [-0.39, 0.29) is 17.0 Å². The van der Waals surface area contributed by atoms with Gasteiger partial charge in [-0.3, -0.25) is 0 Å². The lowest BCUT2D eigenvalue weighted by atomic mass is 10.0. The number of halogens is 1. The van der Waals surface area contributed by atoms with Gasteiger partial charge in [-0.1, -0.05) is 84.0 Å². The predicted octanol–water partition coefficient (Wildman–Crippen LogP) is 2.13. The molecule has 1 rings (SSSR count). The second-order valence-corrected chi connectivity index (χ2v) is 7.85. The smallest absolute Gasteiger partial charge is 0.246 e. The number of aryl methyl sites for hydroxylation is 1. The van der Waals surface area contributed by atoms with Gasteiger partial charge in [0.15, 0.2) is 0 Å². The Bertz CT molecular complexity index is 438. The first-order chi connectivity index (χ1) is 12.6. The zero-order valence-electron chi connectivity index (χ0n) is 17.7. The Morgan fingerprint density at radius 1 is 0.778 bits per heavy atom. The van der Waals surface area contributed by atoms with Crippen molar-refractivity contribution in [3.05, 3.63) is 18.7 Å². The SMILES string of the molecule is CCCCCCCCCCCCCCCC[n+]1ccn(C(O)C(C)O)c1.[Br-]. The van der Waals surface area contributed by atoms with E-state index < -0.39 is 12.3 Å². The molecule has 27 heavy (non-hydrogen) atoms. The van der Waals surface area contributed by atoms with Gasteiger partial charge in [-0.25, -0.2) is 9.13 Å². The lowest BCUT2D eigenvalue weighted by Crippen LogP contribution is -3.00. The number of nitrogens with zero attached hydrogens (tertiary/aromatic N) is 2. The van der Waals surface area contributed by atoms with Crippen molar-refractivity contribution in [2.24, 2.45) is 0 Å². The normalized spacial score (nSPS) is 13.3. The first-order valence-electron chi connectivity index (χ1n) is 11.1. The standard InChI is InChI=1S/C22H43N2O2.BrH/c1-3-4-5-6-7-8-9-10-11-12-13-14-15-16-17-23-18-19-24(20-23)22(26)21(2)25;/h18-22,25-26H,3-17H2,1-2H3;1H/q+1;/p-1. The van der Waals surface area contributed by atoms with E-state index in [0.29, 0.717) is 0 Å². The van der Waals surface area contributed by atoms with Gasteiger partial charge in [-0.2, -0.15) is 0 Å². The van der Waals surface area contributed by atoms with E-state index in [1.807, 2.05) is 18.7 Å². The van der Waals surface area contributed by atoms with E-state index in [9.17, 15) is 10.2 Å². The third kappa shape index (κ3) is 13.4. The molecule has 1 aromatic rings. The molecule has 5 heteroatoms. The summed E-state index contributed by atoms with van der Waals surface area (Å²) in [5, 5.41) is 19.2. The Kier molecular flexibility index (Phi) is 17.4. The molecule has 0 radical (unpaired) electrons. The molecule has 2 N–H and O–H groups in total. The average molecular weight is 448 g/mol. The van der Waals surface area contributed by atoms with Crippen LogP contribution in [-0.4, -0.2) is 20.9 Å². The summed E-state index contributed by atoms with van der Waals surface area (Å²) in [6, 6.07) is 0. The highest BCUT2D eigenvalue weighted by Gasteiger charge is 2.18. The molecule has 0 saturated heterocycles. The first-order valence-corrected chi connectivity index (χ1v) is 11.1. The number of aliphatic hydroxyl groups excluding tert-OH is 2. The lowest BCUT2D eigenvalue weighted by molar-refractivity contribution is -0.697. The van der Waals surface area contributed by atoms with Crippen molar-refractivity contribution in [3.8, 4) is 0 Å². The molecule has 0 bridgehead atoms. The van der Waals surface area contributed by atoms with Crippen LogP contribution in [0.15, 0.2) is 18.7 Å². The Morgan fingerprint density at radius 3 is 1.67 bits per heavy atom. The van der Waals surface area contributed by atoms with Crippen LogP contribution in [0.5, 0.6) is 0 Å². The number of aromatic nitrogens is 2. The van der Waals surface area contributed by atoms with Crippen LogP contribution in [0.1, 0.15) is 110 Å². The summed E-state index contributed by atoms with van der Waals surface area (Å²) in [6.07, 6.45) is 23.3. The number of imidazole rings is 1. The van der Waals surface area contributed by atoms with Gasteiger partial charge in [0.1, 0.15) is 18.5 Å². The summed E-state index contributed by atoms with van der Waals surface area (Å²) in [5.41, 5.74) is 0. The van der Waals surface area contributed by atoms with E-state index in [1.54, 1.807) is 11.5 Å². The molecule has 0 amide bonds. The largest absolute Gasteiger partial charge is 1.00 e.